The number of rotatable bonds is 4. The summed E-state index contributed by atoms with van der Waals surface area (Å²) in [4.78, 5) is 2.31. The van der Waals surface area contributed by atoms with E-state index in [4.69, 9.17) is 0 Å². The highest BCUT2D eigenvalue weighted by molar-refractivity contribution is 5.22. The van der Waals surface area contributed by atoms with E-state index in [-0.39, 0.29) is 0 Å². The minimum Gasteiger partial charge on any atom is -0.309 e. The third-order valence-corrected chi connectivity index (χ3v) is 2.33. The SMILES string of the molecule is C=C(C)CN(C)CC(C)=C1CNC1. The summed E-state index contributed by atoms with van der Waals surface area (Å²) in [5.41, 5.74) is 4.32. The predicted molar refractivity (Wildman–Crippen MR) is 57.9 cm³/mol. The number of hydrogen-bond donors (Lipinski definition) is 1. The van der Waals surface area contributed by atoms with Gasteiger partial charge in [0.15, 0.2) is 0 Å². The summed E-state index contributed by atoms with van der Waals surface area (Å²) < 4.78 is 0. The Morgan fingerprint density at radius 1 is 1.38 bits per heavy atom. The van der Waals surface area contributed by atoms with Crippen LogP contribution < -0.4 is 5.32 Å². The fraction of sp³-hybridized carbons (Fsp3) is 0.636. The Balaban J connectivity index is 2.34. The fourth-order valence-electron chi connectivity index (χ4n) is 1.59. The molecule has 1 heterocycles. The Bertz CT molecular complexity index is 222. The lowest BCUT2D eigenvalue weighted by Crippen LogP contribution is -2.36. The van der Waals surface area contributed by atoms with Gasteiger partial charge < -0.3 is 5.32 Å². The van der Waals surface area contributed by atoms with Crippen LogP contribution in [0.1, 0.15) is 13.8 Å². The molecule has 1 aliphatic heterocycles. The Morgan fingerprint density at radius 3 is 2.38 bits per heavy atom. The highest BCUT2D eigenvalue weighted by Gasteiger charge is 2.11. The summed E-state index contributed by atoms with van der Waals surface area (Å²) >= 11 is 0. The van der Waals surface area contributed by atoms with Gasteiger partial charge >= 0.3 is 0 Å². The summed E-state index contributed by atoms with van der Waals surface area (Å²) in [6, 6.07) is 0. The molecule has 74 valence electrons. The van der Waals surface area contributed by atoms with Gasteiger partial charge in [-0.1, -0.05) is 17.7 Å². The van der Waals surface area contributed by atoms with Crippen LogP contribution in [0.3, 0.4) is 0 Å². The van der Waals surface area contributed by atoms with Crippen molar-refractivity contribution in [2.45, 2.75) is 13.8 Å². The molecule has 2 heteroatoms. The minimum atomic E-state index is 0.998. The van der Waals surface area contributed by atoms with E-state index in [2.05, 4.69) is 37.7 Å². The molecule has 0 atom stereocenters. The van der Waals surface area contributed by atoms with Gasteiger partial charge in [-0.25, -0.2) is 0 Å². The summed E-state index contributed by atoms with van der Waals surface area (Å²) in [5, 5.41) is 3.26. The van der Waals surface area contributed by atoms with Crippen molar-refractivity contribution < 1.29 is 0 Å². The van der Waals surface area contributed by atoms with E-state index in [1.807, 2.05) is 0 Å². The first-order chi connectivity index (χ1) is 6.09. The summed E-state index contributed by atoms with van der Waals surface area (Å²) in [6.45, 7) is 12.5. The van der Waals surface area contributed by atoms with Gasteiger partial charge in [0.1, 0.15) is 0 Å². The van der Waals surface area contributed by atoms with Gasteiger partial charge in [-0.2, -0.15) is 0 Å². The standard InChI is InChI=1S/C11H20N2/c1-9(2)7-13(4)8-10(3)11-5-12-6-11/h12H,1,5-8H2,2-4H3. The molecule has 0 saturated carbocycles. The van der Waals surface area contributed by atoms with E-state index >= 15 is 0 Å². The molecule has 0 radical (unpaired) electrons. The highest BCUT2D eigenvalue weighted by Crippen LogP contribution is 2.09. The van der Waals surface area contributed by atoms with E-state index in [1.54, 1.807) is 5.57 Å². The van der Waals surface area contributed by atoms with Crippen molar-refractivity contribution in [3.63, 3.8) is 0 Å². The molecule has 1 N–H and O–H groups in total. The molecule has 0 aromatic carbocycles. The average Bonchev–Trinajstić information content (AvgIpc) is 1.78. The van der Waals surface area contributed by atoms with Gasteiger partial charge in [0.25, 0.3) is 0 Å². The van der Waals surface area contributed by atoms with Crippen molar-refractivity contribution >= 4 is 0 Å². The van der Waals surface area contributed by atoms with Crippen LogP contribution in [0.5, 0.6) is 0 Å². The minimum absolute atomic E-state index is 0.998. The summed E-state index contributed by atoms with van der Waals surface area (Å²) in [5.74, 6) is 0. The largest absolute Gasteiger partial charge is 0.309 e. The van der Waals surface area contributed by atoms with Crippen LogP contribution in [0.15, 0.2) is 23.3 Å². The second-order valence-corrected chi connectivity index (χ2v) is 4.12. The topological polar surface area (TPSA) is 15.3 Å². The lowest BCUT2D eigenvalue weighted by molar-refractivity contribution is 0.390. The predicted octanol–water partition coefficient (Wildman–Crippen LogP) is 1.41. The van der Waals surface area contributed by atoms with Crippen molar-refractivity contribution in [1.29, 1.82) is 0 Å². The van der Waals surface area contributed by atoms with Gasteiger partial charge in [0.05, 0.1) is 0 Å². The lowest BCUT2D eigenvalue weighted by Gasteiger charge is -2.25. The molecule has 2 nitrogen and oxygen atoms in total. The van der Waals surface area contributed by atoms with Crippen LogP contribution in [0.4, 0.5) is 0 Å². The highest BCUT2D eigenvalue weighted by atomic mass is 15.1. The zero-order valence-corrected chi connectivity index (χ0v) is 8.98. The summed E-state index contributed by atoms with van der Waals surface area (Å²) in [7, 11) is 2.14. The quantitative estimate of drug-likeness (QED) is 0.658. The number of nitrogens with zero attached hydrogens (tertiary/aromatic N) is 1. The van der Waals surface area contributed by atoms with Gasteiger partial charge in [0.2, 0.25) is 0 Å². The van der Waals surface area contributed by atoms with Crippen LogP contribution >= 0.6 is 0 Å². The average molecular weight is 180 g/mol. The molecule has 0 aliphatic carbocycles. The number of nitrogens with one attached hydrogen (secondary N) is 1. The Labute approximate surface area is 81.3 Å². The maximum absolute atomic E-state index is 3.91. The molecular formula is C11H20N2. The van der Waals surface area contributed by atoms with Crippen LogP contribution in [0.25, 0.3) is 0 Å². The lowest BCUT2D eigenvalue weighted by atomic mass is 10.0. The van der Waals surface area contributed by atoms with Crippen molar-refractivity contribution in [3.8, 4) is 0 Å². The number of likely N-dealkylation sites (N-methyl/N-ethyl adjacent to an activating group) is 1. The smallest absolute Gasteiger partial charge is 0.0194 e. The third kappa shape index (κ3) is 3.33. The van der Waals surface area contributed by atoms with Gasteiger partial charge in [-0.3, -0.25) is 4.90 Å². The molecule has 0 aromatic rings. The maximum atomic E-state index is 3.91. The van der Waals surface area contributed by atoms with Crippen LogP contribution in [0, 0.1) is 0 Å². The monoisotopic (exact) mass is 180 g/mol. The van der Waals surface area contributed by atoms with Crippen molar-refractivity contribution in [2.24, 2.45) is 0 Å². The molecule has 0 aromatic heterocycles. The van der Waals surface area contributed by atoms with E-state index < -0.39 is 0 Å². The summed E-state index contributed by atoms with van der Waals surface area (Å²) in [6.07, 6.45) is 0. The van der Waals surface area contributed by atoms with E-state index in [0.29, 0.717) is 0 Å². The Hall–Kier alpha value is -0.600. The molecule has 0 amide bonds. The van der Waals surface area contributed by atoms with Crippen LogP contribution in [-0.4, -0.2) is 38.1 Å². The first-order valence-electron chi connectivity index (χ1n) is 4.80. The van der Waals surface area contributed by atoms with Crippen molar-refractivity contribution in [3.05, 3.63) is 23.3 Å². The second kappa shape index (κ2) is 4.58. The molecule has 0 unspecified atom stereocenters. The third-order valence-electron chi connectivity index (χ3n) is 2.33. The second-order valence-electron chi connectivity index (χ2n) is 4.12. The van der Waals surface area contributed by atoms with Crippen molar-refractivity contribution in [2.75, 3.05) is 33.2 Å². The molecule has 0 bridgehead atoms. The normalized spacial score (nSPS) is 15.8. The molecule has 1 aliphatic rings. The zero-order chi connectivity index (χ0) is 9.84. The van der Waals surface area contributed by atoms with E-state index in [9.17, 15) is 0 Å². The van der Waals surface area contributed by atoms with Gasteiger partial charge in [-0.05, 0) is 26.5 Å². The molecular weight excluding hydrogens is 160 g/mol. The number of hydrogen-bond acceptors (Lipinski definition) is 2. The Kier molecular flexibility index (Phi) is 3.70. The van der Waals surface area contributed by atoms with Gasteiger partial charge in [-0.15, -0.1) is 0 Å². The first-order valence-corrected chi connectivity index (χ1v) is 4.80. The molecule has 13 heavy (non-hydrogen) atoms. The molecule has 1 saturated heterocycles. The molecule has 1 rings (SSSR count). The molecule has 0 spiro atoms. The van der Waals surface area contributed by atoms with Crippen molar-refractivity contribution in [1.82, 2.24) is 10.2 Å². The van der Waals surface area contributed by atoms with Crippen LogP contribution in [0.2, 0.25) is 0 Å². The molecule has 1 fully saturated rings. The fourth-order valence-corrected chi connectivity index (χ4v) is 1.59. The maximum Gasteiger partial charge on any atom is 0.0194 e. The first kappa shape index (κ1) is 10.5. The van der Waals surface area contributed by atoms with Crippen LogP contribution in [-0.2, 0) is 0 Å². The van der Waals surface area contributed by atoms with E-state index in [1.165, 1.54) is 11.1 Å². The Morgan fingerprint density at radius 2 is 2.00 bits per heavy atom. The van der Waals surface area contributed by atoms with Gasteiger partial charge in [0, 0.05) is 26.2 Å². The zero-order valence-electron chi connectivity index (χ0n) is 8.98. The van der Waals surface area contributed by atoms with E-state index in [0.717, 1.165) is 26.2 Å².